The van der Waals surface area contributed by atoms with Crippen LogP contribution in [0.4, 0.5) is 5.95 Å². The Morgan fingerprint density at radius 1 is 1.26 bits per heavy atom. The van der Waals surface area contributed by atoms with Crippen molar-refractivity contribution in [3.8, 4) is 11.8 Å². The fourth-order valence-electron chi connectivity index (χ4n) is 1.34. The van der Waals surface area contributed by atoms with Gasteiger partial charge in [0.25, 0.3) is 10.0 Å². The van der Waals surface area contributed by atoms with Crippen molar-refractivity contribution in [2.45, 2.75) is 4.90 Å². The highest BCUT2D eigenvalue weighted by Gasteiger charge is 2.17. The van der Waals surface area contributed by atoms with Crippen LogP contribution in [0.15, 0.2) is 29.2 Å². The Labute approximate surface area is 109 Å². The number of hydrogen-bond acceptors (Lipinski definition) is 6. The number of aromatic amines is 1. The SMILES string of the molecule is COc1cccc(S(=O)(=O)Nc2nc(OC)n[nH]2)c1. The molecule has 19 heavy (non-hydrogen) atoms. The van der Waals surface area contributed by atoms with E-state index in [9.17, 15) is 8.42 Å². The standard InChI is InChI=1S/C10H12N4O4S/c1-17-7-4-3-5-8(6-7)19(15,16)14-9-11-10(18-2)13-12-9/h3-6H,1-2H3,(H2,11,12,13,14). The van der Waals surface area contributed by atoms with Gasteiger partial charge >= 0.3 is 6.01 Å². The minimum Gasteiger partial charge on any atom is -0.497 e. The number of nitrogens with zero attached hydrogens (tertiary/aromatic N) is 2. The third kappa shape index (κ3) is 2.94. The maximum Gasteiger partial charge on any atom is 0.336 e. The van der Waals surface area contributed by atoms with Gasteiger partial charge in [-0.05, 0) is 12.1 Å². The normalized spacial score (nSPS) is 11.1. The molecular weight excluding hydrogens is 272 g/mol. The van der Waals surface area contributed by atoms with E-state index in [0.717, 1.165) is 0 Å². The van der Waals surface area contributed by atoms with Crippen molar-refractivity contribution in [3.05, 3.63) is 24.3 Å². The molecule has 0 saturated carbocycles. The number of ether oxygens (including phenoxy) is 2. The van der Waals surface area contributed by atoms with Gasteiger partial charge in [0.2, 0.25) is 5.95 Å². The van der Waals surface area contributed by atoms with Crippen LogP contribution in [0.5, 0.6) is 11.8 Å². The first-order chi connectivity index (χ1) is 9.05. The van der Waals surface area contributed by atoms with Crippen LogP contribution >= 0.6 is 0 Å². The van der Waals surface area contributed by atoms with Crippen molar-refractivity contribution in [1.82, 2.24) is 15.2 Å². The minimum absolute atomic E-state index is 0.0281. The molecular formula is C10H12N4O4S. The van der Waals surface area contributed by atoms with Gasteiger partial charge in [-0.3, -0.25) is 0 Å². The Bertz CT molecular complexity index is 668. The third-order valence-corrected chi connectivity index (χ3v) is 3.57. The number of aromatic nitrogens is 3. The third-order valence-electron chi connectivity index (χ3n) is 2.23. The summed E-state index contributed by atoms with van der Waals surface area (Å²) in [6, 6.07) is 6.11. The average Bonchev–Trinajstić information content (AvgIpc) is 2.85. The first-order valence-electron chi connectivity index (χ1n) is 5.18. The smallest absolute Gasteiger partial charge is 0.336 e. The Kier molecular flexibility index (Phi) is 3.56. The molecule has 2 aromatic rings. The molecule has 0 amide bonds. The predicted octanol–water partition coefficient (Wildman–Crippen LogP) is 0.623. The molecule has 0 bridgehead atoms. The van der Waals surface area contributed by atoms with Gasteiger partial charge in [0.15, 0.2) is 0 Å². The van der Waals surface area contributed by atoms with Crippen molar-refractivity contribution in [3.63, 3.8) is 0 Å². The summed E-state index contributed by atoms with van der Waals surface area (Å²) in [4.78, 5) is 3.83. The number of sulfonamides is 1. The monoisotopic (exact) mass is 284 g/mol. The molecule has 0 fully saturated rings. The lowest BCUT2D eigenvalue weighted by atomic mass is 10.3. The van der Waals surface area contributed by atoms with Crippen LogP contribution in [0.3, 0.4) is 0 Å². The van der Waals surface area contributed by atoms with Gasteiger partial charge in [-0.25, -0.2) is 18.2 Å². The van der Waals surface area contributed by atoms with E-state index < -0.39 is 10.0 Å². The number of H-pyrrole nitrogens is 1. The highest BCUT2D eigenvalue weighted by molar-refractivity contribution is 7.92. The Hall–Kier alpha value is -2.29. The zero-order valence-electron chi connectivity index (χ0n) is 10.2. The fourth-order valence-corrected chi connectivity index (χ4v) is 2.33. The molecule has 102 valence electrons. The van der Waals surface area contributed by atoms with Crippen LogP contribution in [-0.2, 0) is 10.0 Å². The van der Waals surface area contributed by atoms with Crippen molar-refractivity contribution in [1.29, 1.82) is 0 Å². The minimum atomic E-state index is -3.76. The van der Waals surface area contributed by atoms with E-state index in [1.54, 1.807) is 12.1 Å². The average molecular weight is 284 g/mol. The zero-order chi connectivity index (χ0) is 13.9. The lowest BCUT2D eigenvalue weighted by Crippen LogP contribution is -2.14. The number of methoxy groups -OCH3 is 2. The molecule has 0 atom stereocenters. The molecule has 0 spiro atoms. The van der Waals surface area contributed by atoms with Crippen molar-refractivity contribution < 1.29 is 17.9 Å². The quantitative estimate of drug-likeness (QED) is 0.833. The number of rotatable bonds is 5. The summed E-state index contributed by atoms with van der Waals surface area (Å²) in [5.41, 5.74) is 0. The first kappa shape index (κ1) is 13.1. The summed E-state index contributed by atoms with van der Waals surface area (Å²) in [5, 5.41) is 6.04. The van der Waals surface area contributed by atoms with Gasteiger partial charge in [-0.1, -0.05) is 6.07 Å². The molecule has 2 rings (SSSR count). The second-order valence-electron chi connectivity index (χ2n) is 3.46. The van der Waals surface area contributed by atoms with E-state index in [2.05, 4.69) is 19.9 Å². The molecule has 0 saturated heterocycles. The lowest BCUT2D eigenvalue weighted by Gasteiger charge is -2.06. The molecule has 0 aliphatic rings. The molecule has 1 aromatic carbocycles. The van der Waals surface area contributed by atoms with Crippen LogP contribution < -0.4 is 14.2 Å². The maximum absolute atomic E-state index is 12.1. The summed E-state index contributed by atoms with van der Waals surface area (Å²) in [6.45, 7) is 0. The predicted molar refractivity (Wildman–Crippen MR) is 66.7 cm³/mol. The fraction of sp³-hybridized carbons (Fsp3) is 0.200. The van der Waals surface area contributed by atoms with Gasteiger partial charge in [-0.2, -0.15) is 4.98 Å². The molecule has 1 heterocycles. The highest BCUT2D eigenvalue weighted by Crippen LogP contribution is 2.19. The second-order valence-corrected chi connectivity index (χ2v) is 5.14. The molecule has 8 nitrogen and oxygen atoms in total. The highest BCUT2D eigenvalue weighted by atomic mass is 32.2. The van der Waals surface area contributed by atoms with Gasteiger partial charge in [0.05, 0.1) is 19.1 Å². The first-order valence-corrected chi connectivity index (χ1v) is 6.67. The number of hydrogen-bond donors (Lipinski definition) is 2. The van der Waals surface area contributed by atoms with Gasteiger partial charge < -0.3 is 9.47 Å². The van der Waals surface area contributed by atoms with Gasteiger partial charge in [0, 0.05) is 6.07 Å². The lowest BCUT2D eigenvalue weighted by molar-refractivity contribution is 0.382. The Morgan fingerprint density at radius 2 is 2.05 bits per heavy atom. The van der Waals surface area contributed by atoms with Crippen LogP contribution in [-0.4, -0.2) is 37.8 Å². The summed E-state index contributed by atoms with van der Waals surface area (Å²) < 4.78 is 36.1. The van der Waals surface area contributed by atoms with Crippen LogP contribution in [0, 0.1) is 0 Å². The van der Waals surface area contributed by atoms with E-state index in [1.165, 1.54) is 26.4 Å². The number of nitrogens with one attached hydrogen (secondary N) is 2. The molecule has 2 N–H and O–H groups in total. The zero-order valence-corrected chi connectivity index (χ0v) is 11.1. The molecule has 0 unspecified atom stereocenters. The van der Waals surface area contributed by atoms with Crippen molar-refractivity contribution in [2.75, 3.05) is 18.9 Å². The molecule has 1 aromatic heterocycles. The topological polar surface area (TPSA) is 106 Å². The maximum atomic E-state index is 12.1. The summed E-state index contributed by atoms with van der Waals surface area (Å²) in [6.07, 6.45) is 0. The number of anilines is 1. The number of benzene rings is 1. The summed E-state index contributed by atoms with van der Waals surface area (Å²) >= 11 is 0. The van der Waals surface area contributed by atoms with E-state index in [1.807, 2.05) is 0 Å². The molecule has 0 aliphatic heterocycles. The summed E-state index contributed by atoms with van der Waals surface area (Å²) in [5.74, 6) is 0.415. The van der Waals surface area contributed by atoms with Crippen molar-refractivity contribution >= 4 is 16.0 Å². The van der Waals surface area contributed by atoms with Crippen LogP contribution in [0.25, 0.3) is 0 Å². The van der Waals surface area contributed by atoms with Crippen LogP contribution in [0.2, 0.25) is 0 Å². The van der Waals surface area contributed by atoms with E-state index >= 15 is 0 Å². The Morgan fingerprint density at radius 3 is 2.68 bits per heavy atom. The Balaban J connectivity index is 2.26. The summed E-state index contributed by atoms with van der Waals surface area (Å²) in [7, 11) is -0.923. The largest absolute Gasteiger partial charge is 0.497 e. The van der Waals surface area contributed by atoms with E-state index in [4.69, 9.17) is 9.47 Å². The van der Waals surface area contributed by atoms with E-state index in [0.29, 0.717) is 5.75 Å². The van der Waals surface area contributed by atoms with Gasteiger partial charge in [-0.15, -0.1) is 5.10 Å². The van der Waals surface area contributed by atoms with E-state index in [-0.39, 0.29) is 16.9 Å². The second kappa shape index (κ2) is 5.14. The molecule has 9 heteroatoms. The van der Waals surface area contributed by atoms with Gasteiger partial charge in [0.1, 0.15) is 5.75 Å². The van der Waals surface area contributed by atoms with Crippen LogP contribution in [0.1, 0.15) is 0 Å². The molecule has 0 radical (unpaired) electrons. The molecule has 0 aliphatic carbocycles. The van der Waals surface area contributed by atoms with Crippen molar-refractivity contribution in [2.24, 2.45) is 0 Å².